The number of nitrogens with zero attached hydrogens (tertiary/aromatic N) is 1. The van der Waals surface area contributed by atoms with Gasteiger partial charge in [-0.05, 0) is 35.2 Å². The van der Waals surface area contributed by atoms with E-state index in [2.05, 4.69) is 15.6 Å². The average molecular weight is 495 g/mol. The van der Waals surface area contributed by atoms with Gasteiger partial charge in [-0.25, -0.2) is 14.2 Å². The number of aromatic nitrogens is 1. The molecular formula is C23H21F4N3O3S. The third-order valence-corrected chi connectivity index (χ3v) is 6.47. The van der Waals surface area contributed by atoms with Crippen LogP contribution in [-0.2, 0) is 23.9 Å². The van der Waals surface area contributed by atoms with Crippen LogP contribution in [0.15, 0.2) is 54.7 Å². The normalized spacial score (nSPS) is 20.3. The molecule has 0 saturated carbocycles. The molecule has 6 nitrogen and oxygen atoms in total. The van der Waals surface area contributed by atoms with Gasteiger partial charge in [-0.1, -0.05) is 36.4 Å². The number of halogens is 4. The summed E-state index contributed by atoms with van der Waals surface area (Å²) in [6.45, 7) is 0.318. The molecule has 1 aromatic heterocycles. The summed E-state index contributed by atoms with van der Waals surface area (Å²) >= 11 is 0.576. The van der Waals surface area contributed by atoms with E-state index >= 15 is 0 Å². The van der Waals surface area contributed by atoms with Gasteiger partial charge >= 0.3 is 12.3 Å². The van der Waals surface area contributed by atoms with Crippen LogP contribution in [0, 0.1) is 5.82 Å². The minimum absolute atomic E-state index is 0.0760. The standard InChI is InChI=1S/C23H21F4N3O3S/c24-16-3-1-2-14(8-16)10-30-22(32)33-20-17(28-11-18(20)31)9-13-4-6-15(7-5-13)19-12-29-21(34-19)23(25,26)27/h1-8,12,17-18,20,28,31H,9-11H2,(H,30,32)/t17-,18+,20+/m1/s1. The third-order valence-electron chi connectivity index (χ3n) is 5.38. The summed E-state index contributed by atoms with van der Waals surface area (Å²) in [5.41, 5.74) is 2.03. The second kappa shape index (κ2) is 10.1. The Bertz CT molecular complexity index is 1140. The highest BCUT2D eigenvalue weighted by molar-refractivity contribution is 7.15. The lowest BCUT2D eigenvalue weighted by Crippen LogP contribution is -2.41. The number of hydrogen-bond acceptors (Lipinski definition) is 6. The molecule has 0 bridgehead atoms. The first-order chi connectivity index (χ1) is 16.2. The zero-order valence-corrected chi connectivity index (χ0v) is 18.5. The van der Waals surface area contributed by atoms with Gasteiger partial charge in [-0.2, -0.15) is 13.2 Å². The van der Waals surface area contributed by atoms with Crippen molar-refractivity contribution in [3.8, 4) is 10.4 Å². The van der Waals surface area contributed by atoms with E-state index < -0.39 is 35.3 Å². The van der Waals surface area contributed by atoms with Crippen molar-refractivity contribution in [3.05, 3.63) is 76.7 Å². The predicted octanol–water partition coefficient (Wildman–Crippen LogP) is 4.14. The van der Waals surface area contributed by atoms with E-state index in [1.165, 1.54) is 24.4 Å². The number of β-amino-alcohol motifs (C(OH)–C–C–N with tert-alkyl or cyclic N) is 1. The molecule has 180 valence electrons. The van der Waals surface area contributed by atoms with Gasteiger partial charge < -0.3 is 20.5 Å². The number of amides is 1. The Balaban J connectivity index is 1.35. The molecule has 2 aromatic carbocycles. The van der Waals surface area contributed by atoms with Gasteiger partial charge in [0.2, 0.25) is 0 Å². The van der Waals surface area contributed by atoms with Crippen molar-refractivity contribution >= 4 is 17.4 Å². The number of benzene rings is 2. The molecule has 1 fully saturated rings. The summed E-state index contributed by atoms with van der Waals surface area (Å²) in [6, 6.07) is 12.4. The smallest absolute Gasteiger partial charge is 0.442 e. The molecule has 3 atom stereocenters. The number of aliphatic hydroxyl groups excluding tert-OH is 1. The summed E-state index contributed by atoms with van der Waals surface area (Å²) in [5, 5.41) is 15.0. The molecule has 1 amide bonds. The molecule has 1 aliphatic rings. The molecule has 0 aliphatic carbocycles. The van der Waals surface area contributed by atoms with Gasteiger partial charge in [0.1, 0.15) is 18.0 Å². The lowest BCUT2D eigenvalue weighted by Gasteiger charge is -2.22. The number of carbonyl (C=O) groups excluding carboxylic acids is 1. The fourth-order valence-electron chi connectivity index (χ4n) is 3.71. The number of thiazole rings is 1. The maximum absolute atomic E-state index is 13.3. The van der Waals surface area contributed by atoms with Crippen molar-refractivity contribution in [3.63, 3.8) is 0 Å². The molecule has 1 aliphatic heterocycles. The quantitative estimate of drug-likeness (QED) is 0.448. The maximum atomic E-state index is 13.3. The van der Waals surface area contributed by atoms with E-state index in [-0.39, 0.29) is 19.1 Å². The van der Waals surface area contributed by atoms with Crippen LogP contribution in [0.2, 0.25) is 0 Å². The summed E-state index contributed by atoms with van der Waals surface area (Å²) in [4.78, 5) is 16.1. The van der Waals surface area contributed by atoms with Crippen LogP contribution in [0.1, 0.15) is 16.1 Å². The van der Waals surface area contributed by atoms with Crippen molar-refractivity contribution in [1.29, 1.82) is 0 Å². The summed E-state index contributed by atoms with van der Waals surface area (Å²) < 4.78 is 57.0. The first kappa shape index (κ1) is 24.1. The number of alkyl halides is 3. The van der Waals surface area contributed by atoms with Crippen LogP contribution in [0.3, 0.4) is 0 Å². The fraction of sp³-hybridized carbons (Fsp3) is 0.304. The van der Waals surface area contributed by atoms with E-state index in [0.717, 1.165) is 5.56 Å². The van der Waals surface area contributed by atoms with E-state index in [4.69, 9.17) is 4.74 Å². The van der Waals surface area contributed by atoms with Crippen molar-refractivity contribution in [2.24, 2.45) is 0 Å². The molecule has 4 rings (SSSR count). The van der Waals surface area contributed by atoms with E-state index in [1.54, 1.807) is 30.3 Å². The monoisotopic (exact) mass is 495 g/mol. The molecule has 11 heteroatoms. The number of carbonyl (C=O) groups is 1. The van der Waals surface area contributed by atoms with Crippen molar-refractivity contribution in [2.45, 2.75) is 37.4 Å². The second-order valence-electron chi connectivity index (χ2n) is 7.86. The highest BCUT2D eigenvalue weighted by Gasteiger charge is 2.38. The Morgan fingerprint density at radius 1 is 1.21 bits per heavy atom. The molecule has 3 N–H and O–H groups in total. The number of aliphatic hydroxyl groups is 1. The number of nitrogens with one attached hydrogen (secondary N) is 2. The highest BCUT2D eigenvalue weighted by Crippen LogP contribution is 2.36. The molecule has 0 radical (unpaired) electrons. The fourth-order valence-corrected chi connectivity index (χ4v) is 4.49. The Hall–Kier alpha value is -3.02. The van der Waals surface area contributed by atoms with Gasteiger partial charge in [0.25, 0.3) is 0 Å². The van der Waals surface area contributed by atoms with Crippen LogP contribution in [0.25, 0.3) is 10.4 Å². The van der Waals surface area contributed by atoms with Crippen LogP contribution in [0.5, 0.6) is 0 Å². The number of rotatable bonds is 6. The first-order valence-corrected chi connectivity index (χ1v) is 11.2. The number of alkyl carbamates (subject to hydrolysis) is 1. The Morgan fingerprint density at radius 3 is 2.65 bits per heavy atom. The topological polar surface area (TPSA) is 83.5 Å². The highest BCUT2D eigenvalue weighted by atomic mass is 32.1. The Kier molecular flexibility index (Phi) is 7.15. The van der Waals surface area contributed by atoms with E-state index in [1.807, 2.05) is 0 Å². The molecule has 3 aromatic rings. The maximum Gasteiger partial charge on any atom is 0.443 e. The zero-order chi connectivity index (χ0) is 24.3. The predicted molar refractivity (Wildman–Crippen MR) is 118 cm³/mol. The first-order valence-electron chi connectivity index (χ1n) is 10.4. The molecule has 34 heavy (non-hydrogen) atoms. The largest absolute Gasteiger partial charge is 0.443 e. The van der Waals surface area contributed by atoms with Gasteiger partial charge in [0, 0.05) is 19.3 Å². The van der Waals surface area contributed by atoms with E-state index in [0.29, 0.717) is 33.8 Å². The Labute approximate surface area is 196 Å². The summed E-state index contributed by atoms with van der Waals surface area (Å²) in [5.74, 6) is -0.412. The molecule has 0 unspecified atom stereocenters. The van der Waals surface area contributed by atoms with Crippen LogP contribution >= 0.6 is 11.3 Å². The molecular weight excluding hydrogens is 474 g/mol. The van der Waals surface area contributed by atoms with Gasteiger partial charge in [0.15, 0.2) is 5.01 Å². The average Bonchev–Trinajstić information content (AvgIpc) is 3.42. The summed E-state index contributed by atoms with van der Waals surface area (Å²) in [6.07, 6.45) is -5.29. The van der Waals surface area contributed by atoms with Gasteiger partial charge in [-0.3, -0.25) is 0 Å². The van der Waals surface area contributed by atoms with E-state index in [9.17, 15) is 27.5 Å². The summed E-state index contributed by atoms with van der Waals surface area (Å²) in [7, 11) is 0. The SMILES string of the molecule is O=C(NCc1cccc(F)c1)O[C@@H]1[C@@H](O)CN[C@@H]1Cc1ccc(-c2cnc(C(F)(F)F)s2)cc1. The van der Waals surface area contributed by atoms with Gasteiger partial charge in [0.05, 0.1) is 10.9 Å². The molecule has 1 saturated heterocycles. The van der Waals surface area contributed by atoms with Crippen molar-refractivity contribution in [2.75, 3.05) is 6.54 Å². The van der Waals surface area contributed by atoms with Crippen LogP contribution in [-0.4, -0.2) is 41.0 Å². The number of hydrogen-bond donors (Lipinski definition) is 3. The lowest BCUT2D eigenvalue weighted by molar-refractivity contribution is -0.137. The number of ether oxygens (including phenoxy) is 1. The molecule has 2 heterocycles. The zero-order valence-electron chi connectivity index (χ0n) is 17.7. The van der Waals surface area contributed by atoms with Crippen LogP contribution in [0.4, 0.5) is 22.4 Å². The second-order valence-corrected chi connectivity index (χ2v) is 8.89. The lowest BCUT2D eigenvalue weighted by atomic mass is 10.0. The molecule has 0 spiro atoms. The van der Waals surface area contributed by atoms with Crippen molar-refractivity contribution in [1.82, 2.24) is 15.6 Å². The third kappa shape index (κ3) is 5.91. The minimum Gasteiger partial charge on any atom is -0.442 e. The van der Waals surface area contributed by atoms with Crippen LogP contribution < -0.4 is 10.6 Å². The minimum atomic E-state index is -4.48. The Morgan fingerprint density at radius 2 is 1.97 bits per heavy atom. The van der Waals surface area contributed by atoms with Gasteiger partial charge in [-0.15, -0.1) is 11.3 Å². The van der Waals surface area contributed by atoms with Crippen molar-refractivity contribution < 1.29 is 32.2 Å².